The van der Waals surface area contributed by atoms with E-state index in [0.29, 0.717) is 28.7 Å². The molecule has 3 aliphatic heterocycles. The number of hydrogen-bond acceptors (Lipinski definition) is 4. The molecular formula is C36H43N2O4+. The number of piperidine rings is 3. The predicted octanol–water partition coefficient (Wildman–Crippen LogP) is 4.48. The maximum atomic E-state index is 13.8. The third-order valence-corrected chi connectivity index (χ3v) is 10.0. The summed E-state index contributed by atoms with van der Waals surface area (Å²) in [6, 6.07) is 22.9. The number of rotatable bonds is 9. The average Bonchev–Trinajstić information content (AvgIpc) is 3.41. The third kappa shape index (κ3) is 5.38. The molecule has 0 spiro atoms. The second-order valence-corrected chi connectivity index (χ2v) is 12.6. The lowest BCUT2D eigenvalue weighted by atomic mass is 9.82. The van der Waals surface area contributed by atoms with Gasteiger partial charge in [-0.3, -0.25) is 4.79 Å². The largest absolute Gasteiger partial charge is 0.453 e. The van der Waals surface area contributed by atoms with Gasteiger partial charge in [-0.25, -0.2) is 4.79 Å². The second-order valence-electron chi connectivity index (χ2n) is 12.6. The molecule has 3 saturated heterocycles. The van der Waals surface area contributed by atoms with Gasteiger partial charge in [-0.1, -0.05) is 86.6 Å². The van der Waals surface area contributed by atoms with Crippen LogP contribution in [0.15, 0.2) is 72.8 Å². The highest BCUT2D eigenvalue weighted by molar-refractivity contribution is 5.85. The quantitative estimate of drug-likeness (QED) is 0.295. The molecule has 0 radical (unpaired) electrons. The standard InChI is InChI=1S/C36H42N2O4/c1-3-25-19-28-21-32(22-29(28)20-26(25)4-2)37-34(39)24-38-17-15-27(16-18-38)33(23-38)42-35(40)36(41,30-11-7-5-8-12-30)31-13-9-6-10-14-31/h5-14,19-20,27,32-33,41H,3-4,15-18,21-24H2,1-2H3/p+1. The Morgan fingerprint density at radius 1 is 0.881 bits per heavy atom. The van der Waals surface area contributed by atoms with Crippen molar-refractivity contribution in [3.63, 3.8) is 0 Å². The molecule has 4 aliphatic rings. The molecular weight excluding hydrogens is 524 g/mol. The highest BCUT2D eigenvalue weighted by Crippen LogP contribution is 2.38. The van der Waals surface area contributed by atoms with Gasteiger partial charge in [0.2, 0.25) is 5.60 Å². The number of nitrogens with zero attached hydrogens (tertiary/aromatic N) is 1. The minimum atomic E-state index is -1.90. The van der Waals surface area contributed by atoms with Gasteiger partial charge >= 0.3 is 5.97 Å². The van der Waals surface area contributed by atoms with Gasteiger partial charge < -0.3 is 19.6 Å². The minimum absolute atomic E-state index is 0.0785. The number of amides is 1. The first-order valence-corrected chi connectivity index (χ1v) is 15.7. The van der Waals surface area contributed by atoms with Gasteiger partial charge in [-0.15, -0.1) is 0 Å². The minimum Gasteiger partial charge on any atom is -0.453 e. The van der Waals surface area contributed by atoms with E-state index in [1.54, 1.807) is 24.3 Å². The molecule has 1 amide bonds. The van der Waals surface area contributed by atoms with Crippen LogP contribution in [0.2, 0.25) is 0 Å². The van der Waals surface area contributed by atoms with E-state index in [1.165, 1.54) is 22.3 Å². The Kier molecular flexibility index (Phi) is 7.95. The fourth-order valence-corrected chi connectivity index (χ4v) is 7.67. The molecule has 3 heterocycles. The Balaban J connectivity index is 1.13. The van der Waals surface area contributed by atoms with Gasteiger partial charge in [-0.2, -0.15) is 0 Å². The first-order valence-electron chi connectivity index (χ1n) is 15.7. The SMILES string of the molecule is CCc1cc2c(cc1CC)CC(NC(=O)C[N+]13CCC(CC1)C(OC(=O)C(O)(c1ccccc1)c1ccccc1)C3)C2. The van der Waals surface area contributed by atoms with Crippen LogP contribution in [0.3, 0.4) is 0 Å². The van der Waals surface area contributed by atoms with Crippen molar-refractivity contribution in [2.45, 2.75) is 70.1 Å². The summed E-state index contributed by atoms with van der Waals surface area (Å²) in [7, 11) is 0. The first-order chi connectivity index (χ1) is 20.3. The molecule has 3 aromatic rings. The van der Waals surface area contributed by atoms with Crippen LogP contribution in [0, 0.1) is 5.92 Å². The average molecular weight is 568 g/mol. The monoisotopic (exact) mass is 567 g/mol. The number of ether oxygens (including phenoxy) is 1. The summed E-state index contributed by atoms with van der Waals surface area (Å²) in [6.45, 7) is 7.25. The van der Waals surface area contributed by atoms with Gasteiger partial charge in [0.15, 0.2) is 12.6 Å². The Bertz CT molecular complexity index is 1360. The zero-order chi connectivity index (χ0) is 29.3. The van der Waals surface area contributed by atoms with Gasteiger partial charge in [0.05, 0.1) is 13.1 Å². The lowest BCUT2D eigenvalue weighted by Gasteiger charge is -2.51. The van der Waals surface area contributed by atoms with E-state index >= 15 is 0 Å². The summed E-state index contributed by atoms with van der Waals surface area (Å²) in [5, 5.41) is 15.2. The van der Waals surface area contributed by atoms with Crippen molar-refractivity contribution >= 4 is 11.9 Å². The van der Waals surface area contributed by atoms with Crippen LogP contribution in [0.5, 0.6) is 0 Å². The zero-order valence-electron chi connectivity index (χ0n) is 24.9. The Morgan fingerprint density at radius 2 is 1.40 bits per heavy atom. The molecule has 0 aromatic heterocycles. The van der Waals surface area contributed by atoms with Crippen LogP contribution in [0.4, 0.5) is 0 Å². The third-order valence-electron chi connectivity index (χ3n) is 10.0. The van der Waals surface area contributed by atoms with Gasteiger partial charge in [0.25, 0.3) is 5.91 Å². The van der Waals surface area contributed by atoms with E-state index in [4.69, 9.17) is 4.74 Å². The van der Waals surface area contributed by atoms with E-state index in [-0.39, 0.29) is 24.0 Å². The molecule has 1 aliphatic carbocycles. The molecule has 1 atom stereocenters. The normalized spacial score (nSPS) is 23.4. The fourth-order valence-electron chi connectivity index (χ4n) is 7.67. The first kappa shape index (κ1) is 28.6. The maximum absolute atomic E-state index is 13.8. The molecule has 220 valence electrons. The molecule has 0 saturated carbocycles. The fraction of sp³-hybridized carbons (Fsp3) is 0.444. The van der Waals surface area contributed by atoms with Crippen LogP contribution < -0.4 is 5.32 Å². The van der Waals surface area contributed by atoms with Crippen molar-refractivity contribution in [2.24, 2.45) is 5.92 Å². The topological polar surface area (TPSA) is 75.6 Å². The van der Waals surface area contributed by atoms with Crippen molar-refractivity contribution < 1.29 is 23.9 Å². The smallest absolute Gasteiger partial charge is 0.348 e. The van der Waals surface area contributed by atoms with Crippen LogP contribution >= 0.6 is 0 Å². The number of carbonyl (C=O) groups excluding carboxylic acids is 2. The van der Waals surface area contributed by atoms with E-state index in [0.717, 1.165) is 51.6 Å². The summed E-state index contributed by atoms with van der Waals surface area (Å²) in [4.78, 5) is 27.2. The van der Waals surface area contributed by atoms with Crippen LogP contribution in [0.25, 0.3) is 0 Å². The highest BCUT2D eigenvalue weighted by atomic mass is 16.6. The van der Waals surface area contributed by atoms with Crippen molar-refractivity contribution in [3.05, 3.63) is 106 Å². The molecule has 3 fully saturated rings. The number of hydrogen-bond donors (Lipinski definition) is 2. The number of aryl methyl sites for hydroxylation is 2. The maximum Gasteiger partial charge on any atom is 0.348 e. The summed E-state index contributed by atoms with van der Waals surface area (Å²) >= 11 is 0. The number of esters is 1. The van der Waals surface area contributed by atoms with E-state index in [2.05, 4.69) is 31.3 Å². The molecule has 1 unspecified atom stereocenters. The number of fused-ring (bicyclic) bond motifs is 4. The lowest BCUT2D eigenvalue weighted by Crippen LogP contribution is -2.67. The molecule has 7 rings (SSSR count). The Morgan fingerprint density at radius 3 is 1.90 bits per heavy atom. The predicted molar refractivity (Wildman–Crippen MR) is 163 cm³/mol. The summed E-state index contributed by atoms with van der Waals surface area (Å²) in [6.07, 6.45) is 5.34. The van der Waals surface area contributed by atoms with E-state index in [9.17, 15) is 14.7 Å². The number of benzene rings is 3. The van der Waals surface area contributed by atoms with Crippen LogP contribution in [0.1, 0.15) is 60.1 Å². The Hall–Kier alpha value is -3.48. The summed E-state index contributed by atoms with van der Waals surface area (Å²) < 4.78 is 6.82. The van der Waals surface area contributed by atoms with Gasteiger partial charge in [0.1, 0.15) is 6.54 Å². The molecule has 3 aromatic carbocycles. The van der Waals surface area contributed by atoms with Crippen molar-refractivity contribution in [1.29, 1.82) is 0 Å². The van der Waals surface area contributed by atoms with Crippen LogP contribution in [-0.2, 0) is 45.6 Å². The number of aliphatic hydroxyl groups is 1. The van der Waals surface area contributed by atoms with Crippen molar-refractivity contribution in [3.8, 4) is 0 Å². The molecule has 6 nitrogen and oxygen atoms in total. The molecule has 42 heavy (non-hydrogen) atoms. The molecule has 2 bridgehead atoms. The lowest BCUT2D eigenvalue weighted by molar-refractivity contribution is -0.939. The number of quaternary nitrogens is 1. The van der Waals surface area contributed by atoms with Crippen molar-refractivity contribution in [2.75, 3.05) is 26.2 Å². The van der Waals surface area contributed by atoms with E-state index in [1.807, 2.05) is 36.4 Å². The zero-order valence-corrected chi connectivity index (χ0v) is 24.9. The van der Waals surface area contributed by atoms with Gasteiger partial charge in [-0.05, 0) is 59.1 Å². The van der Waals surface area contributed by atoms with Gasteiger partial charge in [0, 0.05) is 24.8 Å². The summed E-state index contributed by atoms with van der Waals surface area (Å²) in [5.41, 5.74) is 4.66. The highest BCUT2D eigenvalue weighted by Gasteiger charge is 2.51. The second kappa shape index (κ2) is 11.7. The summed E-state index contributed by atoms with van der Waals surface area (Å²) in [5.74, 6) is -0.324. The van der Waals surface area contributed by atoms with E-state index < -0.39 is 11.6 Å². The van der Waals surface area contributed by atoms with Crippen molar-refractivity contribution in [1.82, 2.24) is 5.32 Å². The number of carbonyl (C=O) groups is 2. The number of nitrogens with one attached hydrogen (secondary N) is 1. The Labute approximate surface area is 249 Å². The molecule has 6 heteroatoms. The molecule has 2 N–H and O–H groups in total. The van der Waals surface area contributed by atoms with Crippen LogP contribution in [-0.4, -0.2) is 59.8 Å².